The van der Waals surface area contributed by atoms with Crippen LogP contribution < -0.4 is 0 Å². The van der Waals surface area contributed by atoms with E-state index in [1.165, 1.54) is 12.1 Å². The molecule has 1 fully saturated rings. The third-order valence-corrected chi connectivity index (χ3v) is 4.85. The summed E-state index contributed by atoms with van der Waals surface area (Å²) in [5.74, 6) is 1.61. The van der Waals surface area contributed by atoms with E-state index in [4.69, 9.17) is 6.42 Å². The van der Waals surface area contributed by atoms with E-state index in [9.17, 15) is 14.0 Å². The molecule has 6 heteroatoms. The van der Waals surface area contributed by atoms with E-state index in [0.29, 0.717) is 10.6 Å². The molecule has 0 aliphatic carbocycles. The Labute approximate surface area is 149 Å². The minimum atomic E-state index is -0.386. The van der Waals surface area contributed by atoms with E-state index < -0.39 is 0 Å². The van der Waals surface area contributed by atoms with Gasteiger partial charge in [0.15, 0.2) is 0 Å². The first kappa shape index (κ1) is 17.1. The second kappa shape index (κ2) is 6.61. The summed E-state index contributed by atoms with van der Waals surface area (Å²) in [5.41, 5.74) is 3.26. The smallest absolute Gasteiger partial charge is 0.294 e. The molecule has 3 rings (SSSR count). The first-order chi connectivity index (χ1) is 11.9. The fourth-order valence-electron chi connectivity index (χ4n) is 2.82. The van der Waals surface area contributed by atoms with Crippen LogP contribution in [0.3, 0.4) is 0 Å². The maximum atomic E-state index is 13.5. The number of carbonyl (C=O) groups excluding carboxylic acids is 2. The second-order valence-electron chi connectivity index (χ2n) is 5.61. The van der Waals surface area contributed by atoms with Crippen LogP contribution in [0.5, 0.6) is 0 Å². The highest BCUT2D eigenvalue weighted by atomic mass is 32.2. The number of hydrogen-bond donors (Lipinski definition) is 0. The van der Waals surface area contributed by atoms with E-state index in [0.717, 1.165) is 33.6 Å². The van der Waals surface area contributed by atoms with Crippen molar-refractivity contribution in [2.45, 2.75) is 13.8 Å². The van der Waals surface area contributed by atoms with Gasteiger partial charge in [-0.1, -0.05) is 12.0 Å². The topological polar surface area (TPSA) is 42.3 Å². The summed E-state index contributed by atoms with van der Waals surface area (Å²) in [6, 6.07) is 8.20. The van der Waals surface area contributed by atoms with Gasteiger partial charge in [0.1, 0.15) is 5.82 Å². The Morgan fingerprint density at radius 2 is 2.04 bits per heavy atom. The van der Waals surface area contributed by atoms with Crippen molar-refractivity contribution in [3.05, 3.63) is 58.0 Å². The average Bonchev–Trinajstić information content (AvgIpc) is 2.98. The Morgan fingerprint density at radius 1 is 1.28 bits per heavy atom. The SMILES string of the molecule is C#CCN1C(=O)S/C(=C\c2cc(C)n(-c3cccc(F)c3)c2C)C1=O. The van der Waals surface area contributed by atoms with Crippen molar-refractivity contribution >= 4 is 29.0 Å². The van der Waals surface area contributed by atoms with Crippen molar-refractivity contribution in [3.63, 3.8) is 0 Å². The van der Waals surface area contributed by atoms with Crippen LogP contribution in [0.2, 0.25) is 0 Å². The predicted molar refractivity (Wildman–Crippen MR) is 96.7 cm³/mol. The van der Waals surface area contributed by atoms with Gasteiger partial charge in [-0.3, -0.25) is 14.5 Å². The maximum absolute atomic E-state index is 13.5. The lowest BCUT2D eigenvalue weighted by Gasteiger charge is -2.09. The maximum Gasteiger partial charge on any atom is 0.294 e. The van der Waals surface area contributed by atoms with Gasteiger partial charge < -0.3 is 4.57 Å². The first-order valence-corrected chi connectivity index (χ1v) is 8.37. The molecule has 0 N–H and O–H groups in total. The van der Waals surface area contributed by atoms with Crippen LogP contribution in [0, 0.1) is 32.0 Å². The number of aromatic nitrogens is 1. The number of aryl methyl sites for hydroxylation is 1. The lowest BCUT2D eigenvalue weighted by molar-refractivity contribution is -0.122. The molecule has 1 aliphatic rings. The predicted octanol–water partition coefficient (Wildman–Crippen LogP) is 3.90. The second-order valence-corrected chi connectivity index (χ2v) is 6.61. The number of amides is 2. The molecular weight excluding hydrogens is 339 g/mol. The molecule has 1 aliphatic heterocycles. The zero-order valence-electron chi connectivity index (χ0n) is 13.7. The standard InChI is InChI=1S/C19H15FN2O2S/c1-4-8-21-18(23)17(25-19(21)24)10-14-9-12(2)22(13(14)3)16-7-5-6-15(20)11-16/h1,5-7,9-11H,8H2,2-3H3/b17-10-. The molecule has 25 heavy (non-hydrogen) atoms. The molecule has 0 saturated carbocycles. The van der Waals surface area contributed by atoms with Gasteiger partial charge in [-0.2, -0.15) is 0 Å². The number of halogens is 1. The molecule has 1 saturated heterocycles. The molecule has 1 aromatic heterocycles. The Bertz CT molecular complexity index is 953. The molecule has 2 heterocycles. The number of benzene rings is 1. The van der Waals surface area contributed by atoms with Crippen molar-refractivity contribution in [1.82, 2.24) is 9.47 Å². The third-order valence-electron chi connectivity index (χ3n) is 3.95. The summed E-state index contributed by atoms with van der Waals surface area (Å²) in [6.45, 7) is 3.75. The molecule has 1 aromatic carbocycles. The highest BCUT2D eigenvalue weighted by Crippen LogP contribution is 2.33. The minimum Gasteiger partial charge on any atom is -0.318 e. The summed E-state index contributed by atoms with van der Waals surface area (Å²) in [7, 11) is 0. The Hall–Kier alpha value is -2.78. The van der Waals surface area contributed by atoms with Gasteiger partial charge in [0.05, 0.1) is 11.4 Å². The van der Waals surface area contributed by atoms with E-state index in [-0.39, 0.29) is 23.5 Å². The molecule has 126 valence electrons. The number of hydrogen-bond acceptors (Lipinski definition) is 3. The fraction of sp³-hybridized carbons (Fsp3) is 0.158. The van der Waals surface area contributed by atoms with Crippen molar-refractivity contribution < 1.29 is 14.0 Å². The van der Waals surface area contributed by atoms with Crippen molar-refractivity contribution in [1.29, 1.82) is 0 Å². The van der Waals surface area contributed by atoms with Gasteiger partial charge in [0, 0.05) is 17.1 Å². The first-order valence-electron chi connectivity index (χ1n) is 7.56. The molecule has 4 nitrogen and oxygen atoms in total. The van der Waals surface area contributed by atoms with Gasteiger partial charge in [0.2, 0.25) is 0 Å². The molecule has 0 atom stereocenters. The third kappa shape index (κ3) is 3.11. The van der Waals surface area contributed by atoms with E-state index >= 15 is 0 Å². The summed E-state index contributed by atoms with van der Waals surface area (Å²) >= 11 is 0.872. The minimum absolute atomic E-state index is 0.0374. The summed E-state index contributed by atoms with van der Waals surface area (Å²) in [6.07, 6.45) is 6.88. The van der Waals surface area contributed by atoms with Crippen LogP contribution in [0.1, 0.15) is 17.0 Å². The van der Waals surface area contributed by atoms with Crippen molar-refractivity contribution in [3.8, 4) is 18.0 Å². The summed E-state index contributed by atoms with van der Waals surface area (Å²) in [5, 5.41) is -0.367. The Kier molecular flexibility index (Phi) is 4.51. The molecule has 2 amide bonds. The van der Waals surface area contributed by atoms with Crippen LogP contribution >= 0.6 is 11.8 Å². The zero-order valence-corrected chi connectivity index (χ0v) is 14.6. The van der Waals surface area contributed by atoms with Crippen LogP contribution in [-0.4, -0.2) is 27.2 Å². The highest BCUT2D eigenvalue weighted by Gasteiger charge is 2.34. The number of thioether (sulfide) groups is 1. The summed E-state index contributed by atoms with van der Waals surface area (Å²) in [4.78, 5) is 25.5. The lowest BCUT2D eigenvalue weighted by atomic mass is 10.2. The van der Waals surface area contributed by atoms with Crippen molar-refractivity contribution in [2.24, 2.45) is 0 Å². The molecule has 0 spiro atoms. The van der Waals surface area contributed by atoms with Crippen LogP contribution in [0.25, 0.3) is 11.8 Å². The average molecular weight is 354 g/mol. The molecule has 0 bridgehead atoms. The number of carbonyl (C=O) groups is 2. The normalized spacial score (nSPS) is 15.9. The Morgan fingerprint density at radius 3 is 2.72 bits per heavy atom. The van der Waals surface area contributed by atoms with E-state index in [1.54, 1.807) is 12.1 Å². The largest absolute Gasteiger partial charge is 0.318 e. The van der Waals surface area contributed by atoms with E-state index in [1.807, 2.05) is 30.5 Å². The number of imide groups is 1. The van der Waals surface area contributed by atoms with Gasteiger partial charge in [-0.15, -0.1) is 6.42 Å². The zero-order chi connectivity index (χ0) is 18.1. The van der Waals surface area contributed by atoms with Crippen molar-refractivity contribution in [2.75, 3.05) is 6.54 Å². The fourth-order valence-corrected chi connectivity index (χ4v) is 3.64. The number of nitrogens with zero attached hydrogens (tertiary/aromatic N) is 2. The molecular formula is C19H15FN2O2S. The summed E-state index contributed by atoms with van der Waals surface area (Å²) < 4.78 is 15.4. The van der Waals surface area contributed by atoms with Gasteiger partial charge >= 0.3 is 0 Å². The molecule has 2 aromatic rings. The van der Waals surface area contributed by atoms with Crippen LogP contribution in [0.15, 0.2) is 35.2 Å². The monoisotopic (exact) mass is 354 g/mol. The number of rotatable bonds is 3. The molecule has 0 radical (unpaired) electrons. The highest BCUT2D eigenvalue weighted by molar-refractivity contribution is 8.18. The number of terminal acetylenes is 1. The lowest BCUT2D eigenvalue weighted by Crippen LogP contribution is -2.28. The van der Waals surface area contributed by atoms with E-state index in [2.05, 4.69) is 5.92 Å². The molecule has 0 unspecified atom stereocenters. The van der Waals surface area contributed by atoms with Crippen LogP contribution in [0.4, 0.5) is 9.18 Å². The van der Waals surface area contributed by atoms with Gasteiger partial charge in [0.25, 0.3) is 11.1 Å². The van der Waals surface area contributed by atoms with Gasteiger partial charge in [-0.05, 0) is 61.5 Å². The van der Waals surface area contributed by atoms with Crippen LogP contribution in [-0.2, 0) is 4.79 Å². The quantitative estimate of drug-likeness (QED) is 0.620. The Balaban J connectivity index is 2.01. The van der Waals surface area contributed by atoms with Gasteiger partial charge in [-0.25, -0.2) is 4.39 Å².